The second-order valence-electron chi connectivity index (χ2n) is 2.43. The van der Waals surface area contributed by atoms with Crippen LogP contribution in [0.1, 0.15) is 11.7 Å². The fourth-order valence-corrected chi connectivity index (χ4v) is 0.973. The molecule has 0 aliphatic rings. The van der Waals surface area contributed by atoms with Gasteiger partial charge in [-0.25, -0.2) is 0 Å². The van der Waals surface area contributed by atoms with E-state index >= 15 is 0 Å². The lowest BCUT2D eigenvalue weighted by Crippen LogP contribution is -1.98. The molecule has 2 nitrogen and oxygen atoms in total. The van der Waals surface area contributed by atoms with Crippen molar-refractivity contribution in [2.24, 2.45) is 0 Å². The first-order chi connectivity index (χ1) is 6.38. The van der Waals surface area contributed by atoms with Gasteiger partial charge in [0.25, 0.3) is 0 Å². The molecule has 0 bridgehead atoms. The summed E-state index contributed by atoms with van der Waals surface area (Å²) in [4.78, 5) is 9.62. The zero-order chi connectivity index (χ0) is 9.52. The van der Waals surface area contributed by atoms with Crippen LogP contribution in [0.15, 0.2) is 55.8 Å². The average Bonchev–Trinajstić information content (AvgIpc) is 2.21. The van der Waals surface area contributed by atoms with Crippen LogP contribution in [0.4, 0.5) is 0 Å². The van der Waals surface area contributed by atoms with Crippen LogP contribution in [0.25, 0.3) is 0 Å². The summed E-state index contributed by atoms with van der Waals surface area (Å²) >= 11 is 0. The first-order valence-electron chi connectivity index (χ1n) is 3.99. The maximum Gasteiger partial charge on any atom is 0.147 e. The minimum Gasteiger partial charge on any atom is -0.345 e. The fraction of sp³-hybridized carbons (Fsp3) is 0.0909. The highest BCUT2D eigenvalue weighted by Gasteiger charge is 2.06. The Morgan fingerprint density at radius 1 is 1.15 bits per heavy atom. The van der Waals surface area contributed by atoms with Crippen molar-refractivity contribution in [2.75, 3.05) is 0 Å². The lowest BCUT2D eigenvalue weighted by atomic mass is 10.1. The molecule has 1 unspecified atom stereocenters. The number of hydrogen-bond donors (Lipinski definition) is 0. The van der Waals surface area contributed by atoms with Crippen LogP contribution < -0.4 is 0 Å². The van der Waals surface area contributed by atoms with Crippen molar-refractivity contribution in [3.8, 4) is 0 Å². The molecule has 1 rings (SSSR count). The minimum absolute atomic E-state index is 0.251. The Kier molecular flexibility index (Phi) is 3.79. The fourth-order valence-electron chi connectivity index (χ4n) is 0.973. The molecule has 0 radical (unpaired) electrons. The molecule has 1 aromatic rings. The topological polar surface area (TPSA) is 18.5 Å². The van der Waals surface area contributed by atoms with E-state index < -0.39 is 0 Å². The molecule has 13 heavy (non-hydrogen) atoms. The molecule has 0 saturated heterocycles. The van der Waals surface area contributed by atoms with Crippen LogP contribution >= 0.6 is 0 Å². The summed E-state index contributed by atoms with van der Waals surface area (Å²) in [5, 5.41) is 0. The predicted octanol–water partition coefficient (Wildman–Crippen LogP) is 3.01. The van der Waals surface area contributed by atoms with E-state index in [1.807, 2.05) is 30.3 Å². The molecule has 0 aromatic heterocycles. The van der Waals surface area contributed by atoms with Gasteiger partial charge in [-0.15, -0.1) is 6.58 Å². The summed E-state index contributed by atoms with van der Waals surface area (Å²) in [5.41, 5.74) is 0.999. The van der Waals surface area contributed by atoms with E-state index in [0.29, 0.717) is 0 Å². The Bertz CT molecular complexity index is 267. The van der Waals surface area contributed by atoms with Gasteiger partial charge in [-0.1, -0.05) is 43.0 Å². The summed E-state index contributed by atoms with van der Waals surface area (Å²) in [6, 6.07) is 9.70. The largest absolute Gasteiger partial charge is 0.345 e. The van der Waals surface area contributed by atoms with Gasteiger partial charge >= 0.3 is 0 Å². The zero-order valence-electron chi connectivity index (χ0n) is 7.35. The van der Waals surface area contributed by atoms with Crippen LogP contribution in [0.2, 0.25) is 0 Å². The highest BCUT2D eigenvalue weighted by molar-refractivity contribution is 5.20. The SMILES string of the molecule is C=COOC(C=C)c1ccccc1. The highest BCUT2D eigenvalue weighted by Crippen LogP contribution is 2.17. The molecule has 0 spiro atoms. The molecule has 1 atom stereocenters. The predicted molar refractivity (Wildman–Crippen MR) is 51.7 cm³/mol. The minimum atomic E-state index is -0.251. The summed E-state index contributed by atoms with van der Waals surface area (Å²) in [6.07, 6.45) is 2.65. The number of hydrogen-bond acceptors (Lipinski definition) is 2. The monoisotopic (exact) mass is 176 g/mol. The Morgan fingerprint density at radius 3 is 2.38 bits per heavy atom. The molecule has 1 aromatic carbocycles. The standard InChI is InChI=1S/C11H12O2/c1-3-11(13-12-4-2)10-8-6-5-7-9-10/h3-9,11H,1-2H2. The number of rotatable bonds is 5. The Hall–Kier alpha value is -1.54. The van der Waals surface area contributed by atoms with E-state index in [9.17, 15) is 0 Å². The van der Waals surface area contributed by atoms with Gasteiger partial charge in [-0.3, -0.25) is 0 Å². The van der Waals surface area contributed by atoms with Crippen molar-refractivity contribution < 1.29 is 9.78 Å². The van der Waals surface area contributed by atoms with Crippen LogP contribution in [0.5, 0.6) is 0 Å². The van der Waals surface area contributed by atoms with E-state index in [0.717, 1.165) is 5.56 Å². The third kappa shape index (κ3) is 2.76. The van der Waals surface area contributed by atoms with Crippen molar-refractivity contribution in [2.45, 2.75) is 6.10 Å². The van der Waals surface area contributed by atoms with E-state index in [1.165, 1.54) is 6.26 Å². The van der Waals surface area contributed by atoms with Crippen LogP contribution in [-0.2, 0) is 9.78 Å². The van der Waals surface area contributed by atoms with Gasteiger partial charge < -0.3 is 4.89 Å². The molecule has 0 amide bonds. The van der Waals surface area contributed by atoms with E-state index in [2.05, 4.69) is 18.0 Å². The maximum atomic E-state index is 4.99. The second kappa shape index (κ2) is 5.17. The van der Waals surface area contributed by atoms with Crippen molar-refractivity contribution in [1.29, 1.82) is 0 Å². The van der Waals surface area contributed by atoms with Crippen molar-refractivity contribution in [3.05, 3.63) is 61.4 Å². The molecular weight excluding hydrogens is 164 g/mol. The van der Waals surface area contributed by atoms with Crippen LogP contribution in [0.3, 0.4) is 0 Å². The first kappa shape index (κ1) is 9.55. The van der Waals surface area contributed by atoms with Gasteiger partial charge in [0.2, 0.25) is 0 Å². The second-order valence-corrected chi connectivity index (χ2v) is 2.43. The van der Waals surface area contributed by atoms with Gasteiger partial charge in [0.05, 0.1) is 0 Å². The Balaban J connectivity index is 2.66. The van der Waals surface area contributed by atoms with Crippen LogP contribution in [-0.4, -0.2) is 0 Å². The summed E-state index contributed by atoms with van der Waals surface area (Å²) in [5.74, 6) is 0. The molecule has 0 aliphatic heterocycles. The molecular formula is C11H12O2. The van der Waals surface area contributed by atoms with Gasteiger partial charge in [-0.05, 0) is 5.56 Å². The van der Waals surface area contributed by atoms with Crippen LogP contribution in [0, 0.1) is 0 Å². The molecule has 0 saturated carbocycles. The molecule has 0 heterocycles. The van der Waals surface area contributed by atoms with E-state index in [4.69, 9.17) is 4.89 Å². The normalized spacial score (nSPS) is 11.7. The average molecular weight is 176 g/mol. The van der Waals surface area contributed by atoms with Gasteiger partial charge in [0, 0.05) is 0 Å². The Labute approximate surface area is 78.0 Å². The maximum absolute atomic E-state index is 4.99. The molecule has 0 fully saturated rings. The Morgan fingerprint density at radius 2 is 1.85 bits per heavy atom. The van der Waals surface area contributed by atoms with Crippen molar-refractivity contribution >= 4 is 0 Å². The molecule has 0 aliphatic carbocycles. The van der Waals surface area contributed by atoms with E-state index in [-0.39, 0.29) is 6.10 Å². The molecule has 0 N–H and O–H groups in total. The summed E-state index contributed by atoms with van der Waals surface area (Å²) in [6.45, 7) is 7.03. The highest BCUT2D eigenvalue weighted by atomic mass is 17.2. The van der Waals surface area contributed by atoms with E-state index in [1.54, 1.807) is 6.08 Å². The smallest absolute Gasteiger partial charge is 0.147 e. The summed E-state index contributed by atoms with van der Waals surface area (Å²) in [7, 11) is 0. The lowest BCUT2D eigenvalue weighted by molar-refractivity contribution is -0.273. The lowest BCUT2D eigenvalue weighted by Gasteiger charge is -2.10. The third-order valence-corrected chi connectivity index (χ3v) is 1.57. The third-order valence-electron chi connectivity index (χ3n) is 1.57. The number of benzene rings is 1. The van der Waals surface area contributed by atoms with Crippen molar-refractivity contribution in [3.63, 3.8) is 0 Å². The molecule has 2 heteroatoms. The van der Waals surface area contributed by atoms with Gasteiger partial charge in [0.1, 0.15) is 12.4 Å². The van der Waals surface area contributed by atoms with Gasteiger partial charge in [-0.2, -0.15) is 4.89 Å². The zero-order valence-corrected chi connectivity index (χ0v) is 7.35. The van der Waals surface area contributed by atoms with Gasteiger partial charge in [0.15, 0.2) is 0 Å². The van der Waals surface area contributed by atoms with Crippen molar-refractivity contribution in [1.82, 2.24) is 0 Å². The quantitative estimate of drug-likeness (QED) is 0.297. The first-order valence-corrected chi connectivity index (χ1v) is 3.99. The summed E-state index contributed by atoms with van der Waals surface area (Å²) < 4.78 is 0. The molecule has 68 valence electrons.